The van der Waals surface area contributed by atoms with Crippen LogP contribution in [-0.4, -0.2) is 18.4 Å². The van der Waals surface area contributed by atoms with Gasteiger partial charge in [0.2, 0.25) is 11.8 Å². The average molecular weight is 412 g/mol. The summed E-state index contributed by atoms with van der Waals surface area (Å²) in [4.78, 5) is 8.92. The maximum Gasteiger partial charge on any atom is 0.340 e. The largest absolute Gasteiger partial charge is 0.368 e. The minimum atomic E-state index is -3.99. The third-order valence-electron chi connectivity index (χ3n) is 6.71. The minimum Gasteiger partial charge on any atom is -0.368 e. The molecule has 1 aromatic heterocycles. The summed E-state index contributed by atoms with van der Waals surface area (Å²) in [6.07, 6.45) is 9.83. The predicted octanol–water partition coefficient (Wildman–Crippen LogP) is 3.77. The Morgan fingerprint density at radius 2 is 1.76 bits per heavy atom. The van der Waals surface area contributed by atoms with Gasteiger partial charge >= 0.3 is 10.1 Å². The molecule has 2 bridgehead atoms. The van der Waals surface area contributed by atoms with Crippen LogP contribution in [0.5, 0.6) is 5.88 Å². The van der Waals surface area contributed by atoms with Gasteiger partial charge in [-0.2, -0.15) is 13.4 Å². The molecule has 6 nitrogen and oxygen atoms in total. The van der Waals surface area contributed by atoms with Crippen molar-refractivity contribution in [3.8, 4) is 5.88 Å². The van der Waals surface area contributed by atoms with Gasteiger partial charge in [0.05, 0.1) is 5.69 Å². The molecule has 0 amide bonds. The molecule has 7 heteroatoms. The van der Waals surface area contributed by atoms with Gasteiger partial charge in [0, 0.05) is 11.5 Å². The first-order valence-corrected chi connectivity index (χ1v) is 11.7. The van der Waals surface area contributed by atoms with Crippen LogP contribution in [0.3, 0.4) is 0 Å². The van der Waals surface area contributed by atoms with Gasteiger partial charge in [0.25, 0.3) is 0 Å². The highest BCUT2D eigenvalue weighted by atomic mass is 32.2. The number of rotatable bonds is 3. The van der Waals surface area contributed by atoms with E-state index in [0.717, 1.165) is 36.1 Å². The fraction of sp³-hybridized carbons (Fsp3) is 0.455. The zero-order valence-corrected chi connectivity index (χ0v) is 17.2. The smallest absolute Gasteiger partial charge is 0.340 e. The highest BCUT2D eigenvalue weighted by Gasteiger charge is 2.44. The van der Waals surface area contributed by atoms with Gasteiger partial charge in [-0.25, -0.2) is 4.98 Å². The number of aryl methyl sites for hydroxylation is 1. The topological polar surface area (TPSA) is 95.2 Å². The molecule has 152 valence electrons. The fourth-order valence-corrected chi connectivity index (χ4v) is 6.26. The molecule has 1 heterocycles. The summed E-state index contributed by atoms with van der Waals surface area (Å²) < 4.78 is 31.3. The molecule has 4 aliphatic rings. The lowest BCUT2D eigenvalue weighted by Crippen LogP contribution is -2.35. The summed E-state index contributed by atoms with van der Waals surface area (Å²) in [7, 11) is -3.99. The van der Waals surface area contributed by atoms with Crippen molar-refractivity contribution in [3.63, 3.8) is 0 Å². The van der Waals surface area contributed by atoms with E-state index in [4.69, 9.17) is 9.92 Å². The Morgan fingerprint density at radius 3 is 2.48 bits per heavy atom. The second-order valence-electron chi connectivity index (χ2n) is 8.47. The van der Waals surface area contributed by atoms with Crippen LogP contribution in [0.25, 0.3) is 0 Å². The van der Waals surface area contributed by atoms with Gasteiger partial charge in [-0.15, -0.1) is 0 Å². The van der Waals surface area contributed by atoms with E-state index in [1.807, 2.05) is 6.92 Å². The zero-order valence-electron chi connectivity index (χ0n) is 16.4. The molecule has 4 unspecified atom stereocenters. The van der Waals surface area contributed by atoms with Gasteiger partial charge in [0.15, 0.2) is 0 Å². The first kappa shape index (κ1) is 18.6. The molecule has 0 aliphatic heterocycles. The third-order valence-corrected chi connectivity index (χ3v) is 7.93. The lowest BCUT2D eigenvalue weighted by molar-refractivity contribution is 0.169. The maximum atomic E-state index is 12.9. The number of anilines is 1. The van der Waals surface area contributed by atoms with Crippen LogP contribution in [0.1, 0.15) is 48.4 Å². The Kier molecular flexibility index (Phi) is 4.38. The van der Waals surface area contributed by atoms with Crippen molar-refractivity contribution in [3.05, 3.63) is 53.2 Å². The number of fused-ring (bicyclic) bond motifs is 2. The number of nitrogen functional groups attached to an aromatic ring is 1. The summed E-state index contributed by atoms with van der Waals surface area (Å²) in [6, 6.07) is 6.60. The van der Waals surface area contributed by atoms with Crippen molar-refractivity contribution in [2.24, 2.45) is 17.8 Å². The summed E-state index contributed by atoms with van der Waals surface area (Å²) in [5, 5.41) is 0. The van der Waals surface area contributed by atoms with E-state index < -0.39 is 10.1 Å². The normalized spacial score (nSPS) is 27.8. The summed E-state index contributed by atoms with van der Waals surface area (Å²) >= 11 is 0. The van der Waals surface area contributed by atoms with Gasteiger partial charge in [-0.3, -0.25) is 0 Å². The van der Waals surface area contributed by atoms with Crippen LogP contribution in [0.15, 0.2) is 41.3 Å². The monoisotopic (exact) mass is 411 g/mol. The van der Waals surface area contributed by atoms with Crippen molar-refractivity contribution >= 4 is 16.1 Å². The van der Waals surface area contributed by atoms with E-state index in [9.17, 15) is 8.42 Å². The molecule has 29 heavy (non-hydrogen) atoms. The van der Waals surface area contributed by atoms with Crippen molar-refractivity contribution in [2.45, 2.75) is 49.8 Å². The molecule has 0 spiro atoms. The Labute approximate surface area is 171 Å². The molecule has 0 saturated heterocycles. The molecule has 1 saturated carbocycles. The highest BCUT2D eigenvalue weighted by Crippen LogP contribution is 2.54. The lowest BCUT2D eigenvalue weighted by Gasteiger charge is -2.44. The van der Waals surface area contributed by atoms with Gasteiger partial charge in [-0.1, -0.05) is 29.8 Å². The number of nitrogens with two attached hydrogens (primary N) is 1. The lowest BCUT2D eigenvalue weighted by atomic mass is 9.60. The molecule has 0 radical (unpaired) electrons. The number of hydrogen-bond acceptors (Lipinski definition) is 6. The standard InChI is InChI=1S/C22H25N3O3S/c1-13-5-11-16(12-6-13)29(26,27)28-21-18-4-2-3-17-14-7-9-15(10-8-14)19(17)20(18)24-22(23)25-21/h5-7,9,11-12,14-15,17,19H,2-4,8,10H2,1H3,(H2,23,24,25). The van der Waals surface area contributed by atoms with Crippen molar-refractivity contribution < 1.29 is 12.6 Å². The summed E-state index contributed by atoms with van der Waals surface area (Å²) in [5.74, 6) is 1.98. The Balaban J connectivity index is 1.57. The highest BCUT2D eigenvalue weighted by molar-refractivity contribution is 7.87. The van der Waals surface area contributed by atoms with Crippen LogP contribution in [0.2, 0.25) is 0 Å². The Hall–Kier alpha value is -2.41. The number of allylic oxidation sites excluding steroid dienone is 2. The van der Waals surface area contributed by atoms with Crippen molar-refractivity contribution in [2.75, 3.05) is 5.73 Å². The van der Waals surface area contributed by atoms with E-state index >= 15 is 0 Å². The molecular weight excluding hydrogens is 386 g/mol. The van der Waals surface area contributed by atoms with E-state index in [-0.39, 0.29) is 22.6 Å². The van der Waals surface area contributed by atoms with E-state index in [2.05, 4.69) is 22.1 Å². The number of benzene rings is 1. The molecule has 2 aromatic rings. The van der Waals surface area contributed by atoms with Crippen LogP contribution >= 0.6 is 0 Å². The minimum absolute atomic E-state index is 0.0731. The number of hydrogen-bond donors (Lipinski definition) is 1. The van der Waals surface area contributed by atoms with E-state index in [0.29, 0.717) is 24.2 Å². The SMILES string of the molecule is Cc1ccc(S(=O)(=O)Oc2nc(N)nc3c2CCCC2C4C=CC(CC4)C32)cc1. The Morgan fingerprint density at radius 1 is 1.03 bits per heavy atom. The number of aromatic nitrogens is 2. The van der Waals surface area contributed by atoms with Crippen LogP contribution < -0.4 is 9.92 Å². The molecular formula is C22H25N3O3S. The molecule has 2 N–H and O–H groups in total. The van der Waals surface area contributed by atoms with Crippen LogP contribution in [0.4, 0.5) is 5.95 Å². The molecule has 6 rings (SSSR count). The molecule has 4 atom stereocenters. The van der Waals surface area contributed by atoms with Crippen molar-refractivity contribution in [1.82, 2.24) is 9.97 Å². The molecule has 1 fully saturated rings. The van der Waals surface area contributed by atoms with Gasteiger partial charge in [-0.05, 0) is 68.9 Å². The first-order chi connectivity index (χ1) is 13.9. The summed E-state index contributed by atoms with van der Waals surface area (Å²) in [5.41, 5.74) is 8.70. The Bertz CT molecular complexity index is 1080. The van der Waals surface area contributed by atoms with E-state index in [1.54, 1.807) is 24.3 Å². The zero-order chi connectivity index (χ0) is 20.2. The fourth-order valence-electron chi connectivity index (χ4n) is 5.35. The molecule has 1 aromatic carbocycles. The first-order valence-electron chi connectivity index (χ1n) is 10.3. The van der Waals surface area contributed by atoms with Crippen LogP contribution in [-0.2, 0) is 16.5 Å². The van der Waals surface area contributed by atoms with Crippen molar-refractivity contribution in [1.29, 1.82) is 0 Å². The molecule has 4 aliphatic carbocycles. The number of nitrogens with zero attached hydrogens (tertiary/aromatic N) is 2. The average Bonchev–Trinajstić information content (AvgIpc) is 2.90. The summed E-state index contributed by atoms with van der Waals surface area (Å²) in [6.45, 7) is 1.91. The second-order valence-corrected chi connectivity index (χ2v) is 10.0. The second kappa shape index (κ2) is 6.83. The van der Waals surface area contributed by atoms with Crippen LogP contribution in [0, 0.1) is 24.7 Å². The quantitative estimate of drug-likeness (QED) is 0.610. The van der Waals surface area contributed by atoms with E-state index in [1.165, 1.54) is 6.42 Å². The predicted molar refractivity (Wildman–Crippen MR) is 110 cm³/mol. The van der Waals surface area contributed by atoms with Gasteiger partial charge < -0.3 is 9.92 Å². The maximum absolute atomic E-state index is 12.9. The third kappa shape index (κ3) is 3.21. The van der Waals surface area contributed by atoms with Gasteiger partial charge in [0.1, 0.15) is 4.90 Å².